The standard InChI is InChI=1S/C16H21NO6S/c18-24(19,13-1-2-14-15(9-13)23-12-22-14)17-5-8-21-11-16(10-17)3-6-20-7-4-16/h1-2,9H,3-8,10-12H2. The third-order valence-corrected chi connectivity index (χ3v) is 6.78. The molecular weight excluding hydrogens is 334 g/mol. The lowest BCUT2D eigenvalue weighted by atomic mass is 9.81. The van der Waals surface area contributed by atoms with E-state index in [0.29, 0.717) is 51.0 Å². The molecule has 3 aliphatic heterocycles. The van der Waals surface area contributed by atoms with Crippen LogP contribution in [0.5, 0.6) is 11.5 Å². The molecule has 3 aliphatic rings. The second-order valence-corrected chi connectivity index (χ2v) is 8.46. The Morgan fingerprint density at radius 3 is 2.62 bits per heavy atom. The highest BCUT2D eigenvalue weighted by molar-refractivity contribution is 7.89. The first-order chi connectivity index (χ1) is 11.6. The quantitative estimate of drug-likeness (QED) is 0.794. The zero-order valence-corrected chi connectivity index (χ0v) is 14.2. The monoisotopic (exact) mass is 355 g/mol. The maximum absolute atomic E-state index is 13.1. The van der Waals surface area contributed by atoms with Gasteiger partial charge >= 0.3 is 0 Å². The van der Waals surface area contributed by atoms with Gasteiger partial charge in [-0.25, -0.2) is 8.42 Å². The highest BCUT2D eigenvalue weighted by Gasteiger charge is 2.40. The summed E-state index contributed by atoms with van der Waals surface area (Å²) in [7, 11) is -3.61. The van der Waals surface area contributed by atoms with E-state index >= 15 is 0 Å². The van der Waals surface area contributed by atoms with Crippen molar-refractivity contribution in [3.63, 3.8) is 0 Å². The van der Waals surface area contributed by atoms with Crippen LogP contribution in [0.4, 0.5) is 0 Å². The van der Waals surface area contributed by atoms with Crippen molar-refractivity contribution in [3.05, 3.63) is 18.2 Å². The van der Waals surface area contributed by atoms with Crippen LogP contribution in [0.3, 0.4) is 0 Å². The Morgan fingerprint density at radius 1 is 1.00 bits per heavy atom. The molecule has 0 unspecified atom stereocenters. The maximum atomic E-state index is 13.1. The van der Waals surface area contributed by atoms with Gasteiger partial charge in [0, 0.05) is 37.8 Å². The summed E-state index contributed by atoms with van der Waals surface area (Å²) in [4.78, 5) is 0.232. The first-order valence-corrected chi connectivity index (χ1v) is 9.59. The third-order valence-electron chi connectivity index (χ3n) is 4.94. The minimum absolute atomic E-state index is 0.125. The largest absolute Gasteiger partial charge is 0.454 e. The number of benzene rings is 1. The summed E-state index contributed by atoms with van der Waals surface area (Å²) in [6, 6.07) is 4.76. The van der Waals surface area contributed by atoms with Gasteiger partial charge in [-0.2, -0.15) is 4.31 Å². The molecule has 1 aromatic rings. The molecule has 24 heavy (non-hydrogen) atoms. The summed E-state index contributed by atoms with van der Waals surface area (Å²) in [6.07, 6.45) is 1.64. The Bertz CT molecular complexity index is 713. The molecule has 1 aromatic carbocycles. The molecule has 0 bridgehead atoms. The molecule has 0 N–H and O–H groups in total. The smallest absolute Gasteiger partial charge is 0.243 e. The fourth-order valence-corrected chi connectivity index (χ4v) is 5.01. The van der Waals surface area contributed by atoms with Gasteiger partial charge in [-0.05, 0) is 25.0 Å². The lowest BCUT2D eigenvalue weighted by molar-refractivity contribution is -0.0280. The number of fused-ring (bicyclic) bond motifs is 1. The fraction of sp³-hybridized carbons (Fsp3) is 0.625. The Morgan fingerprint density at radius 2 is 1.79 bits per heavy atom. The van der Waals surface area contributed by atoms with E-state index < -0.39 is 10.0 Å². The number of sulfonamides is 1. The van der Waals surface area contributed by atoms with E-state index in [1.54, 1.807) is 22.5 Å². The molecule has 0 radical (unpaired) electrons. The molecule has 3 heterocycles. The Hall–Kier alpha value is -1.35. The second kappa shape index (κ2) is 6.18. The Labute approximate surface area is 141 Å². The lowest BCUT2D eigenvalue weighted by Crippen LogP contribution is -2.44. The van der Waals surface area contributed by atoms with Crippen LogP contribution in [0.25, 0.3) is 0 Å². The summed E-state index contributed by atoms with van der Waals surface area (Å²) < 4.78 is 49.5. The fourth-order valence-electron chi connectivity index (χ4n) is 3.45. The molecule has 0 aromatic heterocycles. The highest BCUT2D eigenvalue weighted by Crippen LogP contribution is 2.37. The summed E-state index contributed by atoms with van der Waals surface area (Å²) >= 11 is 0. The average Bonchev–Trinajstić information content (AvgIpc) is 2.96. The zero-order valence-electron chi connectivity index (χ0n) is 13.4. The van der Waals surface area contributed by atoms with E-state index in [9.17, 15) is 8.42 Å². The molecule has 0 amide bonds. The van der Waals surface area contributed by atoms with Gasteiger partial charge in [-0.3, -0.25) is 0 Å². The third kappa shape index (κ3) is 2.88. The van der Waals surface area contributed by atoms with Gasteiger partial charge in [0.1, 0.15) is 0 Å². The minimum atomic E-state index is -3.61. The van der Waals surface area contributed by atoms with Crippen LogP contribution in [-0.2, 0) is 19.5 Å². The van der Waals surface area contributed by atoms with Crippen LogP contribution < -0.4 is 9.47 Å². The summed E-state index contributed by atoms with van der Waals surface area (Å²) in [5.41, 5.74) is -0.155. The maximum Gasteiger partial charge on any atom is 0.243 e. The molecule has 0 saturated carbocycles. The van der Waals surface area contributed by atoms with E-state index in [0.717, 1.165) is 12.8 Å². The number of nitrogens with zero attached hydrogens (tertiary/aromatic N) is 1. The van der Waals surface area contributed by atoms with Crippen LogP contribution in [0.1, 0.15) is 12.8 Å². The first kappa shape index (κ1) is 16.1. The summed E-state index contributed by atoms with van der Waals surface area (Å²) in [5, 5.41) is 0. The van der Waals surface area contributed by atoms with Gasteiger partial charge in [0.15, 0.2) is 11.5 Å². The van der Waals surface area contributed by atoms with Crippen LogP contribution >= 0.6 is 0 Å². The zero-order chi connectivity index (χ0) is 16.6. The van der Waals surface area contributed by atoms with Crippen LogP contribution in [0.15, 0.2) is 23.1 Å². The van der Waals surface area contributed by atoms with Crippen molar-refractivity contribution in [1.29, 1.82) is 0 Å². The minimum Gasteiger partial charge on any atom is -0.454 e. The van der Waals surface area contributed by atoms with E-state index in [1.807, 2.05) is 0 Å². The number of hydrogen-bond acceptors (Lipinski definition) is 6. The van der Waals surface area contributed by atoms with Gasteiger partial charge < -0.3 is 18.9 Å². The normalized spacial score (nSPS) is 24.0. The van der Waals surface area contributed by atoms with Crippen molar-refractivity contribution < 1.29 is 27.4 Å². The molecule has 7 nitrogen and oxygen atoms in total. The Balaban J connectivity index is 1.62. The topological polar surface area (TPSA) is 74.3 Å². The molecule has 132 valence electrons. The molecule has 8 heteroatoms. The van der Waals surface area contributed by atoms with Crippen molar-refractivity contribution in [2.75, 3.05) is 46.3 Å². The van der Waals surface area contributed by atoms with Gasteiger partial charge in [0.2, 0.25) is 16.8 Å². The van der Waals surface area contributed by atoms with Crippen molar-refractivity contribution in [1.82, 2.24) is 4.31 Å². The van der Waals surface area contributed by atoms with Gasteiger partial charge in [-0.1, -0.05) is 0 Å². The van der Waals surface area contributed by atoms with Gasteiger partial charge in [-0.15, -0.1) is 0 Å². The lowest BCUT2D eigenvalue weighted by Gasteiger charge is -2.37. The predicted octanol–water partition coefficient (Wildman–Crippen LogP) is 1.23. The van der Waals surface area contributed by atoms with Crippen molar-refractivity contribution >= 4 is 10.0 Å². The molecular formula is C16H21NO6S. The first-order valence-electron chi connectivity index (χ1n) is 8.15. The summed E-state index contributed by atoms with van der Waals surface area (Å²) in [6.45, 7) is 3.25. The van der Waals surface area contributed by atoms with Gasteiger partial charge in [0.05, 0.1) is 18.1 Å². The van der Waals surface area contributed by atoms with Crippen molar-refractivity contribution in [2.24, 2.45) is 5.41 Å². The van der Waals surface area contributed by atoms with E-state index in [1.165, 1.54) is 0 Å². The van der Waals surface area contributed by atoms with Crippen molar-refractivity contribution in [3.8, 4) is 11.5 Å². The molecule has 0 atom stereocenters. The van der Waals surface area contributed by atoms with E-state index in [4.69, 9.17) is 18.9 Å². The number of hydrogen-bond donors (Lipinski definition) is 0. The SMILES string of the molecule is O=S(=O)(c1ccc2c(c1)OCO2)N1CCOCC2(CCOCC2)C1. The number of ether oxygens (including phenoxy) is 4. The molecule has 2 fully saturated rings. The summed E-state index contributed by atoms with van der Waals surface area (Å²) in [5.74, 6) is 1.05. The Kier molecular flexibility index (Phi) is 4.16. The van der Waals surface area contributed by atoms with Crippen LogP contribution in [0.2, 0.25) is 0 Å². The van der Waals surface area contributed by atoms with E-state index in [-0.39, 0.29) is 17.1 Å². The van der Waals surface area contributed by atoms with Crippen LogP contribution in [0, 0.1) is 5.41 Å². The van der Waals surface area contributed by atoms with Gasteiger partial charge in [0.25, 0.3) is 0 Å². The van der Waals surface area contributed by atoms with E-state index in [2.05, 4.69) is 0 Å². The molecule has 1 spiro atoms. The molecule has 0 aliphatic carbocycles. The molecule has 4 rings (SSSR count). The predicted molar refractivity (Wildman–Crippen MR) is 84.6 cm³/mol. The highest BCUT2D eigenvalue weighted by atomic mass is 32.2. The van der Waals surface area contributed by atoms with Crippen LogP contribution in [-0.4, -0.2) is 59.0 Å². The second-order valence-electron chi connectivity index (χ2n) is 6.52. The average molecular weight is 355 g/mol. The number of rotatable bonds is 2. The van der Waals surface area contributed by atoms with Crippen molar-refractivity contribution in [2.45, 2.75) is 17.7 Å². The molecule has 2 saturated heterocycles.